The Bertz CT molecular complexity index is 604. The summed E-state index contributed by atoms with van der Waals surface area (Å²) in [6.07, 6.45) is 7.95. The third-order valence-corrected chi connectivity index (χ3v) is 3.01. The van der Waals surface area contributed by atoms with Crippen LogP contribution in [0.5, 0.6) is 5.75 Å². The normalized spacial score (nSPS) is 10.1. The second-order valence-corrected chi connectivity index (χ2v) is 4.93. The van der Waals surface area contributed by atoms with Crippen molar-refractivity contribution in [1.29, 1.82) is 0 Å². The van der Waals surface area contributed by atoms with E-state index in [1.165, 1.54) is 13.2 Å². The van der Waals surface area contributed by atoms with Crippen molar-refractivity contribution in [1.82, 2.24) is 4.90 Å². The molecule has 1 rings (SSSR count). The summed E-state index contributed by atoms with van der Waals surface area (Å²) in [5.74, 6) is 1.27. The highest BCUT2D eigenvalue weighted by Crippen LogP contribution is 2.24. The van der Waals surface area contributed by atoms with E-state index in [1.807, 2.05) is 6.07 Å². The summed E-state index contributed by atoms with van der Waals surface area (Å²) in [6, 6.07) is 5.35. The smallest absolute Gasteiger partial charge is 0.323 e. The zero-order valence-corrected chi connectivity index (χ0v) is 13.0. The molecule has 0 aliphatic heterocycles. The lowest BCUT2D eigenvalue weighted by atomic mass is 10.2. The number of rotatable bonds is 6. The summed E-state index contributed by atoms with van der Waals surface area (Å²) in [7, 11) is 1.53. The van der Waals surface area contributed by atoms with Gasteiger partial charge in [0.05, 0.1) is 13.7 Å². The van der Waals surface area contributed by atoms with Gasteiger partial charge in [-0.2, -0.15) is 0 Å². The summed E-state index contributed by atoms with van der Waals surface area (Å²) >= 11 is 3.33. The summed E-state index contributed by atoms with van der Waals surface area (Å²) in [5.41, 5.74) is 0.691. The Labute approximate surface area is 131 Å². The van der Waals surface area contributed by atoms with Crippen LogP contribution in [0.15, 0.2) is 28.7 Å². The lowest BCUT2D eigenvalue weighted by Gasteiger charge is -2.15. The van der Waals surface area contributed by atoms with E-state index in [4.69, 9.17) is 16.3 Å². The molecule has 0 radical (unpaired) electrons. The molecule has 0 aliphatic carbocycles. The minimum atomic E-state index is -1.12. The van der Waals surface area contributed by atoms with Crippen LogP contribution < -0.4 is 4.74 Å². The van der Waals surface area contributed by atoms with Crippen molar-refractivity contribution in [3.63, 3.8) is 0 Å². The molecule has 1 aromatic carbocycles. The number of halogens is 1. The third kappa shape index (κ3) is 5.32. The fourth-order valence-corrected chi connectivity index (χ4v) is 1.97. The maximum atomic E-state index is 12.0. The largest absolute Gasteiger partial charge is 0.496 e. The van der Waals surface area contributed by atoms with Crippen LogP contribution in [0, 0.1) is 12.3 Å². The molecule has 0 atom stereocenters. The van der Waals surface area contributed by atoms with E-state index in [-0.39, 0.29) is 6.54 Å². The average molecular weight is 352 g/mol. The van der Waals surface area contributed by atoms with Crippen molar-refractivity contribution >= 4 is 33.9 Å². The number of carbonyl (C=O) groups is 2. The standard InChI is InChI=1S/C15H14BrNO4/c1-3-8-17(10-15(19)20)14(18)7-4-11-9-12(16)5-6-13(11)21-2/h1,4-7,9H,8,10H2,2H3,(H,19,20). The fourth-order valence-electron chi connectivity index (χ4n) is 1.59. The van der Waals surface area contributed by atoms with Gasteiger partial charge in [-0.05, 0) is 24.3 Å². The van der Waals surface area contributed by atoms with E-state index < -0.39 is 18.4 Å². The maximum Gasteiger partial charge on any atom is 0.323 e. The van der Waals surface area contributed by atoms with Gasteiger partial charge in [0.15, 0.2) is 0 Å². The van der Waals surface area contributed by atoms with E-state index in [9.17, 15) is 9.59 Å². The van der Waals surface area contributed by atoms with E-state index >= 15 is 0 Å². The maximum absolute atomic E-state index is 12.0. The number of methoxy groups -OCH3 is 1. The molecule has 0 saturated carbocycles. The highest BCUT2D eigenvalue weighted by molar-refractivity contribution is 9.10. The first kappa shape index (κ1) is 16.8. The lowest BCUT2D eigenvalue weighted by Crippen LogP contribution is -2.34. The monoisotopic (exact) mass is 351 g/mol. The molecule has 1 aromatic rings. The molecule has 0 fully saturated rings. The summed E-state index contributed by atoms with van der Waals surface area (Å²) in [4.78, 5) is 23.7. The molecular weight excluding hydrogens is 338 g/mol. The molecule has 0 saturated heterocycles. The molecule has 1 N–H and O–H groups in total. The van der Waals surface area contributed by atoms with E-state index in [0.29, 0.717) is 11.3 Å². The van der Waals surface area contributed by atoms with Gasteiger partial charge in [-0.3, -0.25) is 9.59 Å². The quantitative estimate of drug-likeness (QED) is 0.628. The zero-order valence-electron chi connectivity index (χ0n) is 11.4. The number of benzene rings is 1. The Kier molecular flexibility index (Phi) is 6.50. The second-order valence-electron chi connectivity index (χ2n) is 4.01. The molecule has 21 heavy (non-hydrogen) atoms. The van der Waals surface area contributed by atoms with Crippen LogP contribution in [0.2, 0.25) is 0 Å². The van der Waals surface area contributed by atoms with Gasteiger partial charge in [0, 0.05) is 16.1 Å². The van der Waals surface area contributed by atoms with E-state index in [0.717, 1.165) is 9.37 Å². The first-order chi connectivity index (χ1) is 9.97. The SMILES string of the molecule is C#CCN(CC(=O)O)C(=O)C=Cc1cc(Br)ccc1OC. The van der Waals surface area contributed by atoms with Gasteiger partial charge in [-0.15, -0.1) is 6.42 Å². The van der Waals surface area contributed by atoms with Crippen LogP contribution in [0.25, 0.3) is 6.08 Å². The summed E-state index contributed by atoms with van der Waals surface area (Å²) < 4.78 is 6.02. The molecule has 5 nitrogen and oxygen atoms in total. The molecule has 6 heteroatoms. The van der Waals surface area contributed by atoms with Gasteiger partial charge in [0.2, 0.25) is 5.91 Å². The molecule has 0 unspecified atom stereocenters. The highest BCUT2D eigenvalue weighted by Gasteiger charge is 2.13. The number of ether oxygens (including phenoxy) is 1. The number of amides is 1. The van der Waals surface area contributed by atoms with Crippen LogP contribution in [0.4, 0.5) is 0 Å². The zero-order chi connectivity index (χ0) is 15.8. The van der Waals surface area contributed by atoms with Gasteiger partial charge < -0.3 is 14.7 Å². The molecule has 0 heterocycles. The number of nitrogens with zero attached hydrogens (tertiary/aromatic N) is 1. The minimum absolute atomic E-state index is 0.0644. The van der Waals surface area contributed by atoms with Crippen molar-refractivity contribution in [3.8, 4) is 18.1 Å². The van der Waals surface area contributed by atoms with Crippen LogP contribution >= 0.6 is 15.9 Å². The Morgan fingerprint density at radius 3 is 2.81 bits per heavy atom. The average Bonchev–Trinajstić information content (AvgIpc) is 2.44. The van der Waals surface area contributed by atoms with E-state index in [1.54, 1.807) is 18.2 Å². The number of aliphatic carboxylic acids is 1. The molecule has 0 aromatic heterocycles. The summed E-state index contributed by atoms with van der Waals surface area (Å²) in [5, 5.41) is 8.75. The second kappa shape index (κ2) is 8.12. The van der Waals surface area contributed by atoms with Gasteiger partial charge in [-0.1, -0.05) is 21.9 Å². The van der Waals surface area contributed by atoms with Crippen LogP contribution in [-0.4, -0.2) is 42.1 Å². The third-order valence-electron chi connectivity index (χ3n) is 2.52. The van der Waals surface area contributed by atoms with Crippen molar-refractivity contribution in [3.05, 3.63) is 34.3 Å². The Hall–Kier alpha value is -2.26. The molecule has 0 aliphatic rings. The van der Waals surface area contributed by atoms with Crippen molar-refractivity contribution in [2.45, 2.75) is 0 Å². The Balaban J connectivity index is 2.92. The predicted octanol–water partition coefficient (Wildman–Crippen LogP) is 2.02. The van der Waals surface area contributed by atoms with Gasteiger partial charge in [0.1, 0.15) is 12.3 Å². The van der Waals surface area contributed by atoms with Gasteiger partial charge in [-0.25, -0.2) is 0 Å². The molecule has 0 spiro atoms. The van der Waals surface area contributed by atoms with Gasteiger partial charge >= 0.3 is 5.97 Å². The number of hydrogen-bond donors (Lipinski definition) is 1. The number of carboxylic acids is 1. The molecule has 1 amide bonds. The Morgan fingerprint density at radius 2 is 2.24 bits per heavy atom. The molecular formula is C15H14BrNO4. The number of carboxylic acid groups (broad SMARTS) is 1. The first-order valence-corrected chi connectivity index (χ1v) is 6.73. The number of carbonyl (C=O) groups excluding carboxylic acids is 1. The van der Waals surface area contributed by atoms with Crippen LogP contribution in [-0.2, 0) is 9.59 Å². The van der Waals surface area contributed by atoms with E-state index in [2.05, 4.69) is 21.9 Å². The predicted molar refractivity (Wildman–Crippen MR) is 82.8 cm³/mol. The van der Waals surface area contributed by atoms with Crippen LogP contribution in [0.3, 0.4) is 0 Å². The molecule has 0 bridgehead atoms. The van der Waals surface area contributed by atoms with Gasteiger partial charge in [0.25, 0.3) is 0 Å². The molecule has 110 valence electrons. The Morgan fingerprint density at radius 1 is 1.52 bits per heavy atom. The van der Waals surface area contributed by atoms with Crippen molar-refractivity contribution in [2.75, 3.05) is 20.2 Å². The first-order valence-electron chi connectivity index (χ1n) is 5.93. The van der Waals surface area contributed by atoms with Crippen molar-refractivity contribution < 1.29 is 19.4 Å². The number of terminal acetylenes is 1. The fraction of sp³-hybridized carbons (Fsp3) is 0.200. The topological polar surface area (TPSA) is 66.8 Å². The number of hydrogen-bond acceptors (Lipinski definition) is 3. The van der Waals surface area contributed by atoms with Crippen LogP contribution in [0.1, 0.15) is 5.56 Å². The summed E-state index contributed by atoms with van der Waals surface area (Å²) in [6.45, 7) is -0.506. The lowest BCUT2D eigenvalue weighted by molar-refractivity contribution is -0.142. The van der Waals surface area contributed by atoms with Crippen molar-refractivity contribution in [2.24, 2.45) is 0 Å². The highest BCUT2D eigenvalue weighted by atomic mass is 79.9. The minimum Gasteiger partial charge on any atom is -0.496 e.